The van der Waals surface area contributed by atoms with Crippen molar-refractivity contribution in [3.8, 4) is 22.3 Å². The molecule has 4 aliphatic rings. The first kappa shape index (κ1) is 38.3. The molecule has 2 radical (unpaired) electrons. The summed E-state index contributed by atoms with van der Waals surface area (Å²) in [5.74, 6) is 4.59. The van der Waals surface area contributed by atoms with Crippen LogP contribution in [0.5, 0.6) is 0 Å². The van der Waals surface area contributed by atoms with Gasteiger partial charge in [0.15, 0.2) is 0 Å². The lowest BCUT2D eigenvalue weighted by molar-refractivity contribution is 0.518. The zero-order chi connectivity index (χ0) is 40.8. The molecule has 59 heavy (non-hydrogen) atoms. The Kier molecular flexibility index (Phi) is 9.36. The molecule has 298 valence electrons. The van der Waals surface area contributed by atoms with E-state index < -0.39 is 0 Å². The van der Waals surface area contributed by atoms with Gasteiger partial charge in [0.05, 0.1) is 0 Å². The Labute approximate surface area is 354 Å². The summed E-state index contributed by atoms with van der Waals surface area (Å²) in [7, 11) is 0.765. The van der Waals surface area contributed by atoms with Crippen LogP contribution in [-0.2, 0) is 36.5 Å². The van der Waals surface area contributed by atoms with Crippen LogP contribution in [0.4, 0.5) is 0 Å². The van der Waals surface area contributed by atoms with Gasteiger partial charge in [0.2, 0.25) is 0 Å². The topological polar surface area (TPSA) is 26.3 Å². The second kappa shape index (κ2) is 14.4. The van der Waals surface area contributed by atoms with Crippen LogP contribution < -0.4 is 0 Å². The van der Waals surface area contributed by atoms with Crippen molar-refractivity contribution < 1.29 is 8.83 Å². The number of furan rings is 2. The molecule has 0 fully saturated rings. The third-order valence-corrected chi connectivity index (χ3v) is 15.3. The number of fused-ring (bicyclic) bond motifs is 4. The Balaban J connectivity index is 1.03. The highest BCUT2D eigenvalue weighted by molar-refractivity contribution is 6.37. The lowest BCUT2D eigenvalue weighted by Gasteiger charge is -2.23. The van der Waals surface area contributed by atoms with E-state index in [2.05, 4.69) is 152 Å². The molecule has 10 rings (SSSR count). The number of hydrogen-bond acceptors (Lipinski definition) is 2. The van der Waals surface area contributed by atoms with Gasteiger partial charge in [-0.3, -0.25) is 0 Å². The van der Waals surface area contributed by atoms with Crippen LogP contribution in [0.25, 0.3) is 45.6 Å². The van der Waals surface area contributed by atoms with Crippen LogP contribution in [0.3, 0.4) is 0 Å². The molecule has 0 bridgehead atoms. The molecule has 2 atom stereocenters. The van der Waals surface area contributed by atoms with E-state index in [0.717, 1.165) is 57.5 Å². The molecule has 0 saturated carbocycles. The van der Waals surface area contributed by atoms with E-state index in [1.807, 2.05) is 0 Å². The number of allylic oxidation sites excluding steroid dienone is 2. The van der Waals surface area contributed by atoms with Crippen LogP contribution in [0.1, 0.15) is 145 Å². The minimum absolute atomic E-state index is 0.124. The Morgan fingerprint density at radius 2 is 0.932 bits per heavy atom. The first-order valence-corrected chi connectivity index (χ1v) is 23.6. The number of rotatable bonds is 8. The van der Waals surface area contributed by atoms with Gasteiger partial charge < -0.3 is 8.83 Å². The van der Waals surface area contributed by atoms with E-state index in [0.29, 0.717) is 11.8 Å². The van der Waals surface area contributed by atoms with E-state index in [1.165, 1.54) is 92.5 Å². The third kappa shape index (κ3) is 6.78. The van der Waals surface area contributed by atoms with Crippen LogP contribution in [0.2, 0.25) is 12.1 Å². The summed E-state index contributed by atoms with van der Waals surface area (Å²) in [5.41, 5.74) is 23.4. The quantitative estimate of drug-likeness (QED) is 0.144. The first-order chi connectivity index (χ1) is 28.3. The first-order valence-electron chi connectivity index (χ1n) is 22.2. The summed E-state index contributed by atoms with van der Waals surface area (Å²) in [6.45, 7) is 18.0. The predicted octanol–water partition coefficient (Wildman–Crippen LogP) is 14.9. The fourth-order valence-corrected chi connectivity index (χ4v) is 12.3. The molecular formula is C56H58O2Si. The van der Waals surface area contributed by atoms with E-state index in [4.69, 9.17) is 8.83 Å². The van der Waals surface area contributed by atoms with Gasteiger partial charge >= 0.3 is 0 Å². The molecule has 4 aliphatic carbocycles. The molecule has 4 aromatic carbocycles. The van der Waals surface area contributed by atoms with Crippen molar-refractivity contribution in [2.24, 2.45) is 0 Å². The molecule has 6 aromatic rings. The summed E-state index contributed by atoms with van der Waals surface area (Å²) < 4.78 is 12.9. The molecule has 0 amide bonds. The van der Waals surface area contributed by atoms with Gasteiger partial charge in [0.1, 0.15) is 23.0 Å². The minimum Gasteiger partial charge on any atom is -0.462 e. The van der Waals surface area contributed by atoms with Gasteiger partial charge in [0.25, 0.3) is 0 Å². The molecule has 2 unspecified atom stereocenters. The van der Waals surface area contributed by atoms with Gasteiger partial charge in [-0.05, 0) is 190 Å². The molecule has 2 aromatic heterocycles. The molecular weight excluding hydrogens is 733 g/mol. The molecule has 0 saturated heterocycles. The van der Waals surface area contributed by atoms with E-state index in [1.54, 1.807) is 22.3 Å². The van der Waals surface area contributed by atoms with Crippen LogP contribution in [-0.4, -0.2) is 9.52 Å². The smallest absolute Gasteiger partial charge is 0.130 e. The highest BCUT2D eigenvalue weighted by atomic mass is 28.2. The minimum atomic E-state index is 0.124. The molecule has 2 nitrogen and oxygen atoms in total. The highest BCUT2D eigenvalue weighted by Crippen LogP contribution is 2.54. The van der Waals surface area contributed by atoms with Gasteiger partial charge in [0, 0.05) is 32.5 Å². The van der Waals surface area contributed by atoms with E-state index in [9.17, 15) is 0 Å². The summed E-state index contributed by atoms with van der Waals surface area (Å²) in [6.07, 6.45) is 12.1. The van der Waals surface area contributed by atoms with Gasteiger partial charge in [-0.15, -0.1) is 0 Å². The average Bonchev–Trinajstić information content (AvgIpc) is 4.07. The monoisotopic (exact) mass is 790 g/mol. The summed E-state index contributed by atoms with van der Waals surface area (Å²) in [6, 6.07) is 35.1. The van der Waals surface area contributed by atoms with Crippen molar-refractivity contribution in [3.63, 3.8) is 0 Å². The average molecular weight is 791 g/mol. The van der Waals surface area contributed by atoms with Crippen molar-refractivity contribution in [2.45, 2.75) is 129 Å². The van der Waals surface area contributed by atoms with Crippen molar-refractivity contribution in [3.05, 3.63) is 164 Å². The molecule has 0 N–H and O–H groups in total. The fraction of sp³-hybridized carbons (Fsp3) is 0.357. The van der Waals surface area contributed by atoms with Gasteiger partial charge in [-0.25, -0.2) is 0 Å². The highest BCUT2D eigenvalue weighted by Gasteiger charge is 2.36. The SMILES string of the molecule is Cc1ccc(C2=Cc3c(cc4c(c3-c3ccc(C(C)(C)C)cc3)CCC4)C2C[Si]CC2C(c3ccc(C)o3)=Cc3c2cc2c(c3-c3ccc(C(C)(C)C)cc3)CCC2)o1. The Hall–Kier alpha value is -4.86. The Morgan fingerprint density at radius 1 is 0.525 bits per heavy atom. The largest absolute Gasteiger partial charge is 0.462 e. The van der Waals surface area contributed by atoms with Crippen LogP contribution in [0, 0.1) is 13.8 Å². The molecule has 0 spiro atoms. The summed E-state index contributed by atoms with van der Waals surface area (Å²) in [5, 5.41) is 0. The normalized spacial score (nSPS) is 18.2. The maximum Gasteiger partial charge on any atom is 0.130 e. The van der Waals surface area contributed by atoms with Crippen molar-refractivity contribution >= 4 is 32.8 Å². The lowest BCUT2D eigenvalue weighted by atomic mass is 9.84. The standard InChI is InChI=1S/C56H58O2Si/c1-33-15-25-51(57-33)45-29-47-43(27-37-11-9-13-41(37)53(47)35-17-21-39(22-18-35)55(3,4)5)49(45)31-59-32-50-44-28-38-12-10-14-42(38)54(36-19-23-40(24-20-36)56(6,7)8)48(44)30-46(50)52-26-16-34(2)58-52/h15-30,49-50H,9-14,31-32H2,1-8H3. The predicted molar refractivity (Wildman–Crippen MR) is 249 cm³/mol. The summed E-state index contributed by atoms with van der Waals surface area (Å²) >= 11 is 0. The number of aryl methyl sites for hydroxylation is 4. The second-order valence-corrected chi connectivity index (χ2v) is 21.2. The van der Waals surface area contributed by atoms with Crippen molar-refractivity contribution in [1.82, 2.24) is 0 Å². The zero-order valence-corrected chi connectivity index (χ0v) is 37.4. The molecule has 3 heteroatoms. The number of benzene rings is 4. The fourth-order valence-electron chi connectivity index (χ4n) is 10.7. The van der Waals surface area contributed by atoms with Crippen LogP contribution >= 0.6 is 0 Å². The molecule has 0 aliphatic heterocycles. The Morgan fingerprint density at radius 3 is 1.29 bits per heavy atom. The lowest BCUT2D eigenvalue weighted by Crippen LogP contribution is -2.10. The Bertz CT molecular complexity index is 2480. The van der Waals surface area contributed by atoms with Gasteiger partial charge in [-0.1, -0.05) is 102 Å². The zero-order valence-electron chi connectivity index (χ0n) is 36.4. The summed E-state index contributed by atoms with van der Waals surface area (Å²) in [4.78, 5) is 0. The van der Waals surface area contributed by atoms with Gasteiger partial charge in [-0.2, -0.15) is 0 Å². The number of hydrogen-bond donors (Lipinski definition) is 0. The maximum atomic E-state index is 6.47. The van der Waals surface area contributed by atoms with E-state index in [-0.39, 0.29) is 10.8 Å². The second-order valence-electron chi connectivity index (χ2n) is 19.9. The van der Waals surface area contributed by atoms with E-state index >= 15 is 0 Å². The molecule has 2 heterocycles. The van der Waals surface area contributed by atoms with Crippen LogP contribution in [0.15, 0.2) is 93.8 Å². The maximum absolute atomic E-state index is 6.47. The third-order valence-electron chi connectivity index (χ3n) is 13.9. The van der Waals surface area contributed by atoms with Crippen molar-refractivity contribution in [2.75, 3.05) is 0 Å². The van der Waals surface area contributed by atoms with Crippen molar-refractivity contribution in [1.29, 1.82) is 0 Å².